The van der Waals surface area contributed by atoms with Crippen molar-refractivity contribution in [3.63, 3.8) is 0 Å². The third-order valence-electron chi connectivity index (χ3n) is 9.76. The molecule has 2 aromatic heterocycles. The summed E-state index contributed by atoms with van der Waals surface area (Å²) < 4.78 is 17.9. The summed E-state index contributed by atoms with van der Waals surface area (Å²) >= 11 is 5.45. The van der Waals surface area contributed by atoms with E-state index in [1.165, 1.54) is 27.9 Å². The van der Waals surface area contributed by atoms with E-state index in [0.717, 1.165) is 6.42 Å². The lowest BCUT2D eigenvalue weighted by Crippen LogP contribution is -2.61. The Balaban J connectivity index is 1.12. The number of likely N-dealkylation sites (N-methyl/N-ethyl adjacent to an activating group) is 3. The molecule has 7 atom stereocenters. The number of carboxylic acid groups (broad SMARTS) is 1. The molecule has 4 heterocycles. The Labute approximate surface area is 316 Å². The fourth-order valence-corrected chi connectivity index (χ4v) is 6.51. The fourth-order valence-electron chi connectivity index (χ4n) is 6.36. The predicted octanol–water partition coefficient (Wildman–Crippen LogP) is 0.623. The number of aliphatic carboxylic acids is 1. The van der Waals surface area contributed by atoms with E-state index in [9.17, 15) is 34.8 Å². The van der Waals surface area contributed by atoms with E-state index in [1.807, 2.05) is 18.0 Å². The average molecular weight is 769 g/mol. The van der Waals surface area contributed by atoms with Crippen LogP contribution in [-0.4, -0.2) is 157 Å². The van der Waals surface area contributed by atoms with Gasteiger partial charge in [0.2, 0.25) is 12.2 Å². The minimum absolute atomic E-state index is 0.0460. The van der Waals surface area contributed by atoms with Crippen LogP contribution in [0.1, 0.15) is 25.3 Å². The number of aliphatic hydroxyl groups excluding tert-OH is 3. The van der Waals surface area contributed by atoms with E-state index in [-0.39, 0.29) is 47.8 Å². The quantitative estimate of drug-likeness (QED) is 0.196. The number of hydrogen-bond acceptors (Lipinski definition) is 14. The molecule has 0 bridgehead atoms. The SMILES string of the molecule is C[C@@H]1CCN(C(=O)CC#N)C[C@@H]1N(C)c1ncnc2c1ccn2C(=O)N(C)CCN(C)C(=S)OCc1ccc(O[C@@H]2O[C@H](C(=O)O)[C@@H](O)[C@H](O)[C@H]2O)cc1. The number of amides is 2. The van der Waals surface area contributed by atoms with Gasteiger partial charge < -0.3 is 54.2 Å². The zero-order chi connectivity index (χ0) is 39.3. The second-order valence-electron chi connectivity index (χ2n) is 13.4. The van der Waals surface area contributed by atoms with Gasteiger partial charge in [-0.05, 0) is 48.3 Å². The van der Waals surface area contributed by atoms with Gasteiger partial charge in [-0.25, -0.2) is 19.6 Å². The molecule has 4 N–H and O–H groups in total. The standard InChI is InChI=1S/C35H44N8O10S/c1-20-10-13-42(25(44)9-12-36)17-24(20)41(4)30-23-11-14-43(31(23)38-19-37-30)34(50)39(2)15-16-40(3)35(54)51-18-21-5-7-22(8-6-21)52-33-28(47)26(45)27(46)29(53-33)32(48)49/h5-8,11,14,19-20,24,26-29,33,45-47H,9-10,13,15-18H2,1-4H3,(H,48,49)/t20-,24+,26+,27+,28-,29+,33-/m1/s1. The summed E-state index contributed by atoms with van der Waals surface area (Å²) in [6.07, 6.45) is -4.89. The Morgan fingerprint density at radius 1 is 1.04 bits per heavy atom. The monoisotopic (exact) mass is 768 g/mol. The van der Waals surface area contributed by atoms with E-state index in [4.69, 9.17) is 31.7 Å². The van der Waals surface area contributed by atoms with Gasteiger partial charge >= 0.3 is 12.0 Å². The number of aromatic nitrogens is 3. The number of thiocarbonyl (C=S) groups is 1. The summed E-state index contributed by atoms with van der Waals surface area (Å²) in [5.74, 6) is -0.591. The maximum absolute atomic E-state index is 13.6. The Hall–Kier alpha value is -5.13. The largest absolute Gasteiger partial charge is 0.479 e. The van der Waals surface area contributed by atoms with Crippen molar-refractivity contribution in [1.29, 1.82) is 5.26 Å². The van der Waals surface area contributed by atoms with Gasteiger partial charge in [-0.2, -0.15) is 5.26 Å². The van der Waals surface area contributed by atoms with Gasteiger partial charge in [0.1, 0.15) is 49.2 Å². The lowest BCUT2D eigenvalue weighted by molar-refractivity contribution is -0.271. The number of nitriles is 1. The van der Waals surface area contributed by atoms with E-state index in [0.29, 0.717) is 48.6 Å². The predicted molar refractivity (Wildman–Crippen MR) is 195 cm³/mol. The van der Waals surface area contributed by atoms with Crippen molar-refractivity contribution in [3.8, 4) is 11.8 Å². The molecule has 5 rings (SSSR count). The highest BCUT2D eigenvalue weighted by Crippen LogP contribution is 2.30. The summed E-state index contributed by atoms with van der Waals surface area (Å²) in [6, 6.07) is 9.78. The first-order chi connectivity index (χ1) is 25.7. The molecule has 0 aliphatic carbocycles. The van der Waals surface area contributed by atoms with Gasteiger partial charge in [0, 0.05) is 53.5 Å². The number of nitrogens with zero attached hydrogens (tertiary/aromatic N) is 8. The molecule has 2 amide bonds. The van der Waals surface area contributed by atoms with Crippen LogP contribution in [0.25, 0.3) is 11.0 Å². The lowest BCUT2D eigenvalue weighted by atomic mass is 9.92. The number of anilines is 1. The number of piperidine rings is 1. The van der Waals surface area contributed by atoms with Crippen molar-refractivity contribution in [1.82, 2.24) is 29.2 Å². The number of benzene rings is 1. The van der Waals surface area contributed by atoms with Crippen LogP contribution >= 0.6 is 12.2 Å². The number of rotatable bonds is 11. The van der Waals surface area contributed by atoms with Crippen molar-refractivity contribution < 1.29 is 49.0 Å². The molecular formula is C35H44N8O10S. The summed E-state index contributed by atoms with van der Waals surface area (Å²) in [6.45, 7) is 3.96. The molecular weight excluding hydrogens is 724 g/mol. The van der Waals surface area contributed by atoms with Gasteiger partial charge in [0.05, 0.1) is 17.5 Å². The van der Waals surface area contributed by atoms with E-state index in [1.54, 1.807) is 48.3 Å². The number of hydrogen-bond donors (Lipinski definition) is 4. The minimum Gasteiger partial charge on any atom is -0.479 e. The molecule has 19 heteroatoms. The molecule has 290 valence electrons. The fraction of sp³-hybridized carbons (Fsp3) is 0.514. The molecule has 0 saturated carbocycles. The number of aliphatic hydroxyl groups is 3. The third kappa shape index (κ3) is 8.80. The second kappa shape index (κ2) is 17.3. The molecule has 2 fully saturated rings. The summed E-state index contributed by atoms with van der Waals surface area (Å²) in [5, 5.41) is 49.2. The van der Waals surface area contributed by atoms with Crippen molar-refractivity contribution >= 4 is 52.2 Å². The smallest absolute Gasteiger partial charge is 0.335 e. The van der Waals surface area contributed by atoms with Gasteiger partial charge in [0.25, 0.3) is 5.17 Å². The van der Waals surface area contributed by atoms with Gasteiger partial charge in [-0.15, -0.1) is 0 Å². The first-order valence-electron chi connectivity index (χ1n) is 17.2. The molecule has 0 spiro atoms. The molecule has 54 heavy (non-hydrogen) atoms. The zero-order valence-corrected chi connectivity index (χ0v) is 31.1. The molecule has 2 aliphatic heterocycles. The van der Waals surface area contributed by atoms with Crippen LogP contribution in [0.2, 0.25) is 0 Å². The van der Waals surface area contributed by atoms with Gasteiger partial charge in [0.15, 0.2) is 11.8 Å². The zero-order valence-electron chi connectivity index (χ0n) is 30.3. The van der Waals surface area contributed by atoms with Crippen molar-refractivity contribution in [2.75, 3.05) is 52.2 Å². The van der Waals surface area contributed by atoms with Crippen LogP contribution in [0.3, 0.4) is 0 Å². The second-order valence-corrected chi connectivity index (χ2v) is 13.8. The maximum atomic E-state index is 13.6. The highest BCUT2D eigenvalue weighted by Gasteiger charge is 2.48. The Kier molecular flexibility index (Phi) is 12.9. The minimum atomic E-state index is -1.82. The average Bonchev–Trinajstić information content (AvgIpc) is 3.60. The Morgan fingerprint density at radius 2 is 1.74 bits per heavy atom. The van der Waals surface area contributed by atoms with Crippen LogP contribution in [-0.2, 0) is 25.7 Å². The van der Waals surface area contributed by atoms with Crippen molar-refractivity contribution in [3.05, 3.63) is 48.4 Å². The van der Waals surface area contributed by atoms with Crippen molar-refractivity contribution in [2.24, 2.45) is 5.92 Å². The molecule has 0 unspecified atom stereocenters. The molecule has 18 nitrogen and oxygen atoms in total. The number of carbonyl (C=O) groups excluding carboxylic acids is 2. The molecule has 2 aliphatic rings. The number of ether oxygens (including phenoxy) is 3. The Bertz CT molecular complexity index is 1870. The maximum Gasteiger partial charge on any atom is 0.335 e. The number of carbonyl (C=O) groups is 3. The highest BCUT2D eigenvalue weighted by molar-refractivity contribution is 7.80. The van der Waals surface area contributed by atoms with Gasteiger partial charge in [-0.1, -0.05) is 19.1 Å². The first kappa shape index (κ1) is 40.1. The molecule has 3 aromatic rings. The van der Waals surface area contributed by atoms with Crippen molar-refractivity contribution in [2.45, 2.75) is 63.1 Å². The van der Waals surface area contributed by atoms with E-state index in [2.05, 4.69) is 16.9 Å². The van der Waals surface area contributed by atoms with Crippen LogP contribution in [0.15, 0.2) is 42.9 Å². The van der Waals surface area contributed by atoms with Gasteiger partial charge in [-0.3, -0.25) is 9.36 Å². The van der Waals surface area contributed by atoms with Crippen LogP contribution in [0.5, 0.6) is 5.75 Å². The summed E-state index contributed by atoms with van der Waals surface area (Å²) in [5.41, 5.74) is 1.15. The first-order valence-corrected chi connectivity index (χ1v) is 17.6. The normalized spacial score (nSPS) is 24.0. The Morgan fingerprint density at radius 3 is 2.43 bits per heavy atom. The summed E-state index contributed by atoms with van der Waals surface area (Å²) in [4.78, 5) is 53.3. The highest BCUT2D eigenvalue weighted by atomic mass is 32.1. The number of likely N-dealkylation sites (tertiary alicyclic amines) is 1. The van der Waals surface area contributed by atoms with Crippen LogP contribution < -0.4 is 9.64 Å². The van der Waals surface area contributed by atoms with Crippen LogP contribution in [0.4, 0.5) is 10.6 Å². The lowest BCUT2D eigenvalue weighted by Gasteiger charge is -2.42. The van der Waals surface area contributed by atoms with Crippen LogP contribution in [0, 0.1) is 17.2 Å². The third-order valence-corrected chi connectivity index (χ3v) is 10.2. The number of fused-ring (bicyclic) bond motifs is 1. The molecule has 2 saturated heterocycles. The molecule has 1 aromatic carbocycles. The van der Waals surface area contributed by atoms with E-state index < -0.39 is 36.7 Å². The topological polar surface area (TPSA) is 227 Å². The number of carboxylic acids is 1. The van der Waals surface area contributed by atoms with E-state index >= 15 is 0 Å². The molecule has 0 radical (unpaired) electrons. The summed E-state index contributed by atoms with van der Waals surface area (Å²) in [7, 11) is 5.32.